The van der Waals surface area contributed by atoms with Gasteiger partial charge in [0, 0.05) is 18.8 Å². The number of benzene rings is 1. The molecule has 0 aromatic heterocycles. The van der Waals surface area contributed by atoms with Gasteiger partial charge in [-0.05, 0) is 42.7 Å². The maximum Gasteiger partial charge on any atom is 0.319 e. The lowest BCUT2D eigenvalue weighted by Crippen LogP contribution is -2.37. The lowest BCUT2D eigenvalue weighted by molar-refractivity contribution is 0.0339. The highest BCUT2D eigenvalue weighted by Crippen LogP contribution is 2.28. The highest BCUT2D eigenvalue weighted by Gasteiger charge is 2.21. The number of amides is 2. The minimum atomic E-state index is -0.674. The summed E-state index contributed by atoms with van der Waals surface area (Å²) in [5.74, 6) is 0.677. The molecular weight excluding hydrogens is 292 g/mol. The fourth-order valence-corrected chi connectivity index (χ4v) is 2.49. The largest absolute Gasteiger partial charge is 0.389 e. The van der Waals surface area contributed by atoms with Gasteiger partial charge in [-0.2, -0.15) is 0 Å². The van der Waals surface area contributed by atoms with Gasteiger partial charge in [0.15, 0.2) is 0 Å². The van der Waals surface area contributed by atoms with Crippen LogP contribution in [0, 0.1) is 5.92 Å². The van der Waals surface area contributed by atoms with E-state index in [-0.39, 0.29) is 19.2 Å². The molecule has 5 nitrogen and oxygen atoms in total. The van der Waals surface area contributed by atoms with Gasteiger partial charge in [-0.25, -0.2) is 4.79 Å². The van der Waals surface area contributed by atoms with Gasteiger partial charge in [-0.1, -0.05) is 32.0 Å². The van der Waals surface area contributed by atoms with E-state index in [4.69, 9.17) is 4.74 Å². The molecule has 0 saturated heterocycles. The third kappa shape index (κ3) is 5.84. The number of ether oxygens (including phenoxy) is 1. The fourth-order valence-electron chi connectivity index (χ4n) is 2.49. The minimum absolute atomic E-state index is 0.187. The van der Waals surface area contributed by atoms with Gasteiger partial charge >= 0.3 is 6.03 Å². The van der Waals surface area contributed by atoms with E-state index in [0.717, 1.165) is 29.7 Å². The highest BCUT2D eigenvalue weighted by atomic mass is 16.5. The van der Waals surface area contributed by atoms with Crippen molar-refractivity contribution < 1.29 is 14.6 Å². The smallest absolute Gasteiger partial charge is 0.319 e. The average molecular weight is 320 g/mol. The molecule has 0 bridgehead atoms. The van der Waals surface area contributed by atoms with Crippen LogP contribution in [0.25, 0.3) is 0 Å². The SMILES string of the molecule is CCc1cccc(CC)c1NC(=O)NCC(O)COCC1CC1. The number of aryl methyl sites for hydroxylation is 2. The van der Waals surface area contributed by atoms with Gasteiger partial charge < -0.3 is 20.5 Å². The second-order valence-corrected chi connectivity index (χ2v) is 6.13. The maximum absolute atomic E-state index is 12.1. The quantitative estimate of drug-likeness (QED) is 0.655. The Bertz CT molecular complexity index is 493. The normalized spacial score (nSPS) is 15.3. The predicted octanol–water partition coefficient (Wildman–Crippen LogP) is 2.72. The van der Waals surface area contributed by atoms with Gasteiger partial charge in [0.1, 0.15) is 0 Å². The summed E-state index contributed by atoms with van der Waals surface area (Å²) in [6.45, 7) is 5.30. The monoisotopic (exact) mass is 320 g/mol. The second-order valence-electron chi connectivity index (χ2n) is 6.13. The molecule has 2 rings (SSSR count). The topological polar surface area (TPSA) is 70.6 Å². The van der Waals surface area contributed by atoms with E-state index in [2.05, 4.69) is 24.5 Å². The summed E-state index contributed by atoms with van der Waals surface area (Å²) in [5.41, 5.74) is 3.12. The molecular formula is C18H28N2O3. The summed E-state index contributed by atoms with van der Waals surface area (Å²) in [6, 6.07) is 5.77. The van der Waals surface area contributed by atoms with Gasteiger partial charge in [0.25, 0.3) is 0 Å². The first-order chi connectivity index (χ1) is 11.1. The van der Waals surface area contributed by atoms with Crippen molar-refractivity contribution in [2.24, 2.45) is 5.92 Å². The van der Waals surface area contributed by atoms with Crippen LogP contribution in [0.3, 0.4) is 0 Å². The minimum Gasteiger partial charge on any atom is -0.389 e. The first-order valence-corrected chi connectivity index (χ1v) is 8.55. The Kier molecular flexibility index (Phi) is 6.86. The van der Waals surface area contributed by atoms with Crippen molar-refractivity contribution in [1.82, 2.24) is 5.32 Å². The lowest BCUT2D eigenvalue weighted by Gasteiger charge is -2.16. The van der Waals surface area contributed by atoms with Crippen molar-refractivity contribution in [3.05, 3.63) is 29.3 Å². The molecule has 0 aliphatic heterocycles. The van der Waals surface area contributed by atoms with E-state index < -0.39 is 6.10 Å². The Morgan fingerprint density at radius 3 is 2.52 bits per heavy atom. The molecule has 1 aromatic rings. The third-order valence-corrected chi connectivity index (χ3v) is 4.10. The maximum atomic E-state index is 12.1. The van der Waals surface area contributed by atoms with Gasteiger partial charge in [0.05, 0.1) is 12.7 Å². The van der Waals surface area contributed by atoms with E-state index in [0.29, 0.717) is 12.5 Å². The van der Waals surface area contributed by atoms with Crippen molar-refractivity contribution in [1.29, 1.82) is 0 Å². The lowest BCUT2D eigenvalue weighted by atomic mass is 10.0. The Labute approximate surface area is 138 Å². The summed E-state index contributed by atoms with van der Waals surface area (Å²) in [6.07, 6.45) is 3.51. The summed E-state index contributed by atoms with van der Waals surface area (Å²) in [7, 11) is 0. The van der Waals surface area contributed by atoms with Crippen LogP contribution in [0.4, 0.5) is 10.5 Å². The third-order valence-electron chi connectivity index (χ3n) is 4.10. The number of anilines is 1. The molecule has 1 aliphatic carbocycles. The molecule has 1 aromatic carbocycles. The molecule has 2 amide bonds. The Balaban J connectivity index is 1.77. The summed E-state index contributed by atoms with van der Waals surface area (Å²) >= 11 is 0. The molecule has 1 saturated carbocycles. The van der Waals surface area contributed by atoms with Crippen LogP contribution in [0.1, 0.15) is 37.8 Å². The molecule has 23 heavy (non-hydrogen) atoms. The average Bonchev–Trinajstić information content (AvgIpc) is 3.37. The van der Waals surface area contributed by atoms with Crippen LogP contribution >= 0.6 is 0 Å². The van der Waals surface area contributed by atoms with Crippen molar-refractivity contribution in [3.8, 4) is 0 Å². The molecule has 0 spiro atoms. The van der Waals surface area contributed by atoms with Gasteiger partial charge in [-0.15, -0.1) is 0 Å². The van der Waals surface area contributed by atoms with E-state index in [1.165, 1.54) is 12.8 Å². The van der Waals surface area contributed by atoms with Gasteiger partial charge in [0.2, 0.25) is 0 Å². The number of aliphatic hydroxyl groups is 1. The van der Waals surface area contributed by atoms with Crippen molar-refractivity contribution >= 4 is 11.7 Å². The first kappa shape index (κ1) is 17.8. The standard InChI is InChI=1S/C18H28N2O3/c1-3-14-6-5-7-15(4-2)17(14)20-18(22)19-10-16(21)12-23-11-13-8-9-13/h5-7,13,16,21H,3-4,8-12H2,1-2H3,(H2,19,20,22). The van der Waals surface area contributed by atoms with Crippen LogP contribution in [-0.2, 0) is 17.6 Å². The van der Waals surface area contributed by atoms with Crippen LogP contribution < -0.4 is 10.6 Å². The molecule has 3 N–H and O–H groups in total. The van der Waals surface area contributed by atoms with Crippen LogP contribution in [0.15, 0.2) is 18.2 Å². The number of rotatable bonds is 9. The number of nitrogens with one attached hydrogen (secondary N) is 2. The number of carbonyl (C=O) groups excluding carboxylic acids is 1. The van der Waals surface area contributed by atoms with Crippen LogP contribution in [0.2, 0.25) is 0 Å². The molecule has 128 valence electrons. The van der Waals surface area contributed by atoms with E-state index >= 15 is 0 Å². The number of urea groups is 1. The molecule has 1 fully saturated rings. The predicted molar refractivity (Wildman–Crippen MR) is 91.8 cm³/mol. The summed E-state index contributed by atoms with van der Waals surface area (Å²) in [5, 5.41) is 15.5. The Morgan fingerprint density at radius 2 is 1.96 bits per heavy atom. The molecule has 0 radical (unpaired) electrons. The zero-order valence-corrected chi connectivity index (χ0v) is 14.1. The highest BCUT2D eigenvalue weighted by molar-refractivity contribution is 5.91. The molecule has 1 aliphatic rings. The zero-order chi connectivity index (χ0) is 16.7. The number of aliphatic hydroxyl groups excluding tert-OH is 1. The Morgan fingerprint density at radius 1 is 1.30 bits per heavy atom. The number of para-hydroxylation sites is 1. The van der Waals surface area contributed by atoms with E-state index in [9.17, 15) is 9.90 Å². The summed E-state index contributed by atoms with van der Waals surface area (Å²) < 4.78 is 5.42. The van der Waals surface area contributed by atoms with E-state index in [1.54, 1.807) is 0 Å². The number of hydrogen-bond donors (Lipinski definition) is 3. The summed E-state index contributed by atoms with van der Waals surface area (Å²) in [4.78, 5) is 12.1. The van der Waals surface area contributed by atoms with Crippen LogP contribution in [-0.4, -0.2) is 37.0 Å². The Hall–Kier alpha value is -1.59. The first-order valence-electron chi connectivity index (χ1n) is 8.55. The van der Waals surface area contributed by atoms with Gasteiger partial charge in [-0.3, -0.25) is 0 Å². The molecule has 1 unspecified atom stereocenters. The molecule has 0 heterocycles. The second kappa shape index (κ2) is 8.89. The zero-order valence-electron chi connectivity index (χ0n) is 14.1. The molecule has 1 atom stereocenters. The number of carbonyl (C=O) groups is 1. The molecule has 5 heteroatoms. The van der Waals surface area contributed by atoms with Crippen LogP contribution in [0.5, 0.6) is 0 Å². The van der Waals surface area contributed by atoms with Crippen molar-refractivity contribution in [2.45, 2.75) is 45.6 Å². The van der Waals surface area contributed by atoms with E-state index in [1.807, 2.05) is 18.2 Å². The van der Waals surface area contributed by atoms with Crippen molar-refractivity contribution in [2.75, 3.05) is 25.1 Å². The van der Waals surface area contributed by atoms with Crippen molar-refractivity contribution in [3.63, 3.8) is 0 Å². The fraction of sp³-hybridized carbons (Fsp3) is 0.611. The number of hydrogen-bond acceptors (Lipinski definition) is 3.